The smallest absolute Gasteiger partial charge is 0.126 e. The van der Waals surface area contributed by atoms with E-state index in [-0.39, 0.29) is 11.7 Å². The second-order valence-corrected chi connectivity index (χ2v) is 5.03. The third-order valence-electron chi connectivity index (χ3n) is 2.93. The van der Waals surface area contributed by atoms with E-state index < -0.39 is 11.6 Å². The summed E-state index contributed by atoms with van der Waals surface area (Å²) in [5.41, 5.74) is 1.52. The first kappa shape index (κ1) is 14.1. The Kier molecular flexibility index (Phi) is 4.64. The van der Waals surface area contributed by atoms with Gasteiger partial charge in [-0.3, -0.25) is 0 Å². The summed E-state index contributed by atoms with van der Waals surface area (Å²) in [6.07, 6.45) is 0.492. The van der Waals surface area contributed by atoms with Gasteiger partial charge in [0.1, 0.15) is 17.5 Å². The minimum Gasteiger partial charge on any atom is -0.207 e. The summed E-state index contributed by atoms with van der Waals surface area (Å²) < 4.78 is 39.1. The minimum absolute atomic E-state index is 0.0433. The summed E-state index contributed by atoms with van der Waals surface area (Å²) >= 11 is 3.38. The molecular formula is C15H12BrF3. The summed E-state index contributed by atoms with van der Waals surface area (Å²) in [6.45, 7) is 0. The molecule has 0 amide bonds. The Hall–Kier alpha value is -1.29. The topological polar surface area (TPSA) is 0 Å². The average Bonchev–Trinajstić information content (AvgIpc) is 2.36. The largest absolute Gasteiger partial charge is 0.207 e. The molecule has 0 aliphatic carbocycles. The first-order valence-corrected chi connectivity index (χ1v) is 6.97. The van der Waals surface area contributed by atoms with Gasteiger partial charge >= 0.3 is 0 Å². The number of benzene rings is 2. The molecule has 0 spiro atoms. The van der Waals surface area contributed by atoms with Crippen molar-refractivity contribution in [3.05, 3.63) is 71.0 Å². The highest BCUT2D eigenvalue weighted by Crippen LogP contribution is 2.24. The molecule has 0 saturated heterocycles. The van der Waals surface area contributed by atoms with E-state index in [9.17, 15) is 13.2 Å². The predicted octanol–water partition coefficient (Wildman–Crippen LogP) is 4.83. The maximum absolute atomic E-state index is 13.1. The maximum atomic E-state index is 13.1. The summed E-state index contributed by atoms with van der Waals surface area (Å²) in [7, 11) is 0. The number of halogens is 4. The lowest BCUT2D eigenvalue weighted by molar-refractivity contribution is 0.577. The Morgan fingerprint density at radius 1 is 0.842 bits per heavy atom. The zero-order chi connectivity index (χ0) is 13.8. The lowest BCUT2D eigenvalue weighted by Crippen LogP contribution is -2.05. The molecule has 0 fully saturated rings. The van der Waals surface area contributed by atoms with Crippen LogP contribution >= 0.6 is 15.9 Å². The highest BCUT2D eigenvalue weighted by molar-refractivity contribution is 9.09. The van der Waals surface area contributed by atoms with Gasteiger partial charge in [0, 0.05) is 11.4 Å². The molecule has 1 unspecified atom stereocenters. The van der Waals surface area contributed by atoms with Gasteiger partial charge in [0.05, 0.1) is 0 Å². The van der Waals surface area contributed by atoms with Gasteiger partial charge in [-0.2, -0.15) is 0 Å². The van der Waals surface area contributed by atoms with Crippen molar-refractivity contribution in [1.29, 1.82) is 0 Å². The monoisotopic (exact) mass is 328 g/mol. The van der Waals surface area contributed by atoms with Crippen LogP contribution < -0.4 is 0 Å². The van der Waals surface area contributed by atoms with Crippen LogP contribution in [0.2, 0.25) is 0 Å². The first-order chi connectivity index (χ1) is 9.08. The Labute approximate surface area is 118 Å². The van der Waals surface area contributed by atoms with Crippen molar-refractivity contribution < 1.29 is 13.2 Å². The lowest BCUT2D eigenvalue weighted by atomic mass is 9.93. The highest BCUT2D eigenvalue weighted by atomic mass is 79.9. The zero-order valence-corrected chi connectivity index (χ0v) is 11.6. The number of rotatable bonds is 4. The Morgan fingerprint density at radius 2 is 1.42 bits per heavy atom. The second-order valence-electron chi connectivity index (χ2n) is 4.38. The third-order valence-corrected chi connectivity index (χ3v) is 3.71. The Balaban J connectivity index is 2.21. The molecule has 100 valence electrons. The molecule has 0 aliphatic rings. The van der Waals surface area contributed by atoms with E-state index in [2.05, 4.69) is 15.9 Å². The molecule has 0 heterocycles. The van der Waals surface area contributed by atoms with Crippen molar-refractivity contribution in [2.45, 2.75) is 12.3 Å². The minimum atomic E-state index is -0.581. The molecule has 0 N–H and O–H groups in total. The molecule has 0 aliphatic heterocycles. The standard InChI is InChI=1S/C15H12BrF3/c16-9-12(11-1-3-13(17)4-2-11)5-10-6-14(18)8-15(19)7-10/h1-4,6-8,12H,5,9H2. The van der Waals surface area contributed by atoms with E-state index in [0.29, 0.717) is 17.3 Å². The molecule has 0 aromatic heterocycles. The molecule has 2 aromatic carbocycles. The van der Waals surface area contributed by atoms with Gasteiger partial charge in [-0.25, -0.2) is 13.2 Å². The molecule has 19 heavy (non-hydrogen) atoms. The van der Waals surface area contributed by atoms with Gasteiger partial charge in [0.2, 0.25) is 0 Å². The van der Waals surface area contributed by atoms with Crippen molar-refractivity contribution in [2.24, 2.45) is 0 Å². The molecule has 2 rings (SSSR count). The third kappa shape index (κ3) is 3.83. The van der Waals surface area contributed by atoms with E-state index in [1.165, 1.54) is 24.3 Å². The van der Waals surface area contributed by atoms with Gasteiger partial charge in [-0.15, -0.1) is 0 Å². The van der Waals surface area contributed by atoms with E-state index >= 15 is 0 Å². The molecule has 0 bridgehead atoms. The zero-order valence-electron chi connectivity index (χ0n) is 10.0. The first-order valence-electron chi connectivity index (χ1n) is 5.85. The van der Waals surface area contributed by atoms with Crippen molar-refractivity contribution in [1.82, 2.24) is 0 Å². The number of alkyl halides is 1. The van der Waals surface area contributed by atoms with Crippen LogP contribution in [0.25, 0.3) is 0 Å². The fourth-order valence-electron chi connectivity index (χ4n) is 2.01. The molecule has 0 radical (unpaired) electrons. The maximum Gasteiger partial charge on any atom is 0.126 e. The van der Waals surface area contributed by atoms with E-state index in [0.717, 1.165) is 11.6 Å². The average molecular weight is 329 g/mol. The highest BCUT2D eigenvalue weighted by Gasteiger charge is 2.12. The van der Waals surface area contributed by atoms with Crippen molar-refractivity contribution in [3.63, 3.8) is 0 Å². The van der Waals surface area contributed by atoms with E-state index in [1.54, 1.807) is 12.1 Å². The predicted molar refractivity (Wildman–Crippen MR) is 73.0 cm³/mol. The molecule has 4 heteroatoms. The van der Waals surface area contributed by atoms with Crippen molar-refractivity contribution in [2.75, 3.05) is 5.33 Å². The fraction of sp³-hybridized carbons (Fsp3) is 0.200. The van der Waals surface area contributed by atoms with Crippen LogP contribution in [0.5, 0.6) is 0 Å². The molecule has 0 saturated carbocycles. The Morgan fingerprint density at radius 3 is 1.95 bits per heavy atom. The summed E-state index contributed by atoms with van der Waals surface area (Å²) in [5.74, 6) is -1.42. The number of hydrogen-bond acceptors (Lipinski definition) is 0. The van der Waals surface area contributed by atoms with Crippen LogP contribution in [0.4, 0.5) is 13.2 Å². The van der Waals surface area contributed by atoms with Gasteiger partial charge < -0.3 is 0 Å². The van der Waals surface area contributed by atoms with Crippen LogP contribution in [-0.4, -0.2) is 5.33 Å². The fourth-order valence-corrected chi connectivity index (χ4v) is 2.61. The summed E-state index contributed by atoms with van der Waals surface area (Å²) in [5, 5.41) is 0.636. The van der Waals surface area contributed by atoms with Gasteiger partial charge in [0.15, 0.2) is 0 Å². The van der Waals surface area contributed by atoms with Crippen molar-refractivity contribution >= 4 is 15.9 Å². The van der Waals surface area contributed by atoms with Gasteiger partial charge in [-0.1, -0.05) is 28.1 Å². The molecule has 0 nitrogen and oxygen atoms in total. The summed E-state index contributed by atoms with van der Waals surface area (Å²) in [6, 6.07) is 9.65. The number of hydrogen-bond donors (Lipinski definition) is 0. The SMILES string of the molecule is Fc1ccc(C(CBr)Cc2cc(F)cc(F)c2)cc1. The summed E-state index contributed by atoms with van der Waals surface area (Å²) in [4.78, 5) is 0. The quantitative estimate of drug-likeness (QED) is 0.705. The molecule has 2 aromatic rings. The lowest BCUT2D eigenvalue weighted by Gasteiger charge is -2.15. The molecular weight excluding hydrogens is 317 g/mol. The Bertz CT molecular complexity index is 532. The van der Waals surface area contributed by atoms with E-state index in [4.69, 9.17) is 0 Å². The van der Waals surface area contributed by atoms with E-state index in [1.807, 2.05) is 0 Å². The van der Waals surface area contributed by atoms with Crippen molar-refractivity contribution in [3.8, 4) is 0 Å². The van der Waals surface area contributed by atoms with Gasteiger partial charge in [-0.05, 0) is 47.7 Å². The normalized spacial score (nSPS) is 12.4. The van der Waals surface area contributed by atoms with Crippen LogP contribution in [-0.2, 0) is 6.42 Å². The van der Waals surface area contributed by atoms with Crippen LogP contribution in [0.1, 0.15) is 17.0 Å². The molecule has 1 atom stereocenters. The van der Waals surface area contributed by atoms with Crippen LogP contribution in [0.3, 0.4) is 0 Å². The second kappa shape index (κ2) is 6.24. The van der Waals surface area contributed by atoms with Crippen LogP contribution in [0.15, 0.2) is 42.5 Å². The van der Waals surface area contributed by atoms with Gasteiger partial charge in [0.25, 0.3) is 0 Å². The van der Waals surface area contributed by atoms with Crippen LogP contribution in [0, 0.1) is 17.5 Å².